The molecule has 2 atom stereocenters. The number of unbranched alkanes of at least 4 members (excludes halogenated alkanes) is 13. The van der Waals surface area contributed by atoms with Gasteiger partial charge in [-0.3, -0.25) is 4.48 Å². The maximum Gasteiger partial charge on any atom is 0.182 e. The van der Waals surface area contributed by atoms with Crippen LogP contribution in [0.5, 0.6) is 0 Å². The molecule has 1 aliphatic rings. The minimum Gasteiger partial charge on any atom is -0.391 e. The van der Waals surface area contributed by atoms with Crippen molar-refractivity contribution in [1.29, 1.82) is 0 Å². The van der Waals surface area contributed by atoms with Gasteiger partial charge in [0.25, 0.3) is 0 Å². The largest absolute Gasteiger partial charge is 0.391 e. The molecule has 0 spiro atoms. The molecular weight excluding hydrogens is 332 g/mol. The second-order valence-electron chi connectivity index (χ2n) is 8.44. The summed E-state index contributed by atoms with van der Waals surface area (Å²) >= 11 is 0. The zero-order valence-electron chi connectivity index (χ0n) is 18.2. The third kappa shape index (κ3) is 10.4. The van der Waals surface area contributed by atoms with Crippen molar-refractivity contribution in [3.05, 3.63) is 12.7 Å². The van der Waals surface area contributed by atoms with Gasteiger partial charge in [0, 0.05) is 6.42 Å². The summed E-state index contributed by atoms with van der Waals surface area (Å²) in [7, 11) is 0. The van der Waals surface area contributed by atoms with Gasteiger partial charge in [0.05, 0.1) is 19.4 Å². The van der Waals surface area contributed by atoms with Gasteiger partial charge in [-0.1, -0.05) is 76.7 Å². The fourth-order valence-electron chi connectivity index (χ4n) is 4.44. The standard InChI is InChI=1S/C24H47N2O/c1-3-5-6-7-8-9-10-11-12-13-14-15-16-17-18-19-24-25-20-21-26(24,4-2)22-23-27/h3,20,24,27H,1,4-19,21-23H2,2H3/q+1. The molecule has 0 fully saturated rings. The first-order valence-corrected chi connectivity index (χ1v) is 11.9. The Hall–Kier alpha value is -0.670. The van der Waals surface area contributed by atoms with Crippen LogP contribution in [0.25, 0.3) is 0 Å². The average molecular weight is 380 g/mol. The molecule has 3 nitrogen and oxygen atoms in total. The van der Waals surface area contributed by atoms with Crippen LogP contribution in [0.15, 0.2) is 17.6 Å². The van der Waals surface area contributed by atoms with Crippen LogP contribution in [0, 0.1) is 0 Å². The van der Waals surface area contributed by atoms with E-state index in [2.05, 4.69) is 19.7 Å². The number of nitrogens with zero attached hydrogens (tertiary/aromatic N) is 2. The van der Waals surface area contributed by atoms with Crippen molar-refractivity contribution in [3.63, 3.8) is 0 Å². The van der Waals surface area contributed by atoms with E-state index >= 15 is 0 Å². The zero-order chi connectivity index (χ0) is 19.6. The van der Waals surface area contributed by atoms with E-state index in [9.17, 15) is 5.11 Å². The van der Waals surface area contributed by atoms with Crippen molar-refractivity contribution >= 4 is 6.21 Å². The Kier molecular flexibility index (Phi) is 14.7. The molecule has 0 radical (unpaired) electrons. The van der Waals surface area contributed by atoms with Gasteiger partial charge in [-0.2, -0.15) is 0 Å². The fourth-order valence-corrected chi connectivity index (χ4v) is 4.44. The smallest absolute Gasteiger partial charge is 0.182 e. The van der Waals surface area contributed by atoms with Gasteiger partial charge >= 0.3 is 0 Å². The monoisotopic (exact) mass is 379 g/mol. The van der Waals surface area contributed by atoms with E-state index in [-0.39, 0.29) is 6.61 Å². The number of aliphatic imine (C=N–C) groups is 1. The number of hydrogen-bond donors (Lipinski definition) is 1. The Morgan fingerprint density at radius 2 is 1.44 bits per heavy atom. The Balaban J connectivity index is 1.88. The lowest BCUT2D eigenvalue weighted by Gasteiger charge is -2.37. The molecule has 1 aliphatic heterocycles. The van der Waals surface area contributed by atoms with Gasteiger partial charge in [0.2, 0.25) is 0 Å². The molecule has 0 aromatic rings. The summed E-state index contributed by atoms with van der Waals surface area (Å²) in [4.78, 5) is 4.71. The quantitative estimate of drug-likeness (QED) is 0.160. The topological polar surface area (TPSA) is 32.6 Å². The zero-order valence-corrected chi connectivity index (χ0v) is 18.2. The predicted octanol–water partition coefficient (Wildman–Crippen LogP) is 6.26. The molecule has 0 aromatic carbocycles. The number of rotatable bonds is 19. The van der Waals surface area contributed by atoms with Gasteiger partial charge in [0.1, 0.15) is 13.1 Å². The van der Waals surface area contributed by atoms with Crippen LogP contribution in [0.1, 0.15) is 103 Å². The summed E-state index contributed by atoms with van der Waals surface area (Å²) in [6.07, 6.45) is 25.0. The summed E-state index contributed by atoms with van der Waals surface area (Å²) < 4.78 is 0.977. The summed E-state index contributed by atoms with van der Waals surface area (Å²) in [5.41, 5.74) is 0. The fraction of sp³-hybridized carbons (Fsp3) is 0.875. The van der Waals surface area contributed by atoms with E-state index in [1.165, 1.54) is 96.3 Å². The third-order valence-corrected chi connectivity index (χ3v) is 6.40. The number of aliphatic hydroxyl groups is 1. The molecule has 0 amide bonds. The lowest BCUT2D eigenvalue weighted by Crippen LogP contribution is -2.53. The van der Waals surface area contributed by atoms with Crippen molar-refractivity contribution < 1.29 is 9.59 Å². The lowest BCUT2D eigenvalue weighted by molar-refractivity contribution is -0.936. The number of aliphatic hydroxyl groups excluding tert-OH is 1. The maximum absolute atomic E-state index is 9.37. The molecule has 1 N–H and O–H groups in total. The minimum absolute atomic E-state index is 0.281. The highest BCUT2D eigenvalue weighted by atomic mass is 16.3. The maximum atomic E-state index is 9.37. The van der Waals surface area contributed by atoms with Gasteiger partial charge in [-0.15, -0.1) is 6.58 Å². The van der Waals surface area contributed by atoms with E-state index in [1.54, 1.807) is 0 Å². The first-order valence-electron chi connectivity index (χ1n) is 11.9. The van der Waals surface area contributed by atoms with Crippen molar-refractivity contribution in [2.75, 3.05) is 26.2 Å². The van der Waals surface area contributed by atoms with Crippen LogP contribution < -0.4 is 0 Å². The highest BCUT2D eigenvalue weighted by molar-refractivity contribution is 5.60. The van der Waals surface area contributed by atoms with Crippen LogP contribution in [0.2, 0.25) is 0 Å². The van der Waals surface area contributed by atoms with Crippen LogP contribution in [-0.4, -0.2) is 48.2 Å². The Morgan fingerprint density at radius 3 is 1.93 bits per heavy atom. The molecule has 0 saturated heterocycles. The van der Waals surface area contributed by atoms with E-state index < -0.39 is 0 Å². The molecule has 27 heavy (non-hydrogen) atoms. The van der Waals surface area contributed by atoms with E-state index in [0.29, 0.717) is 6.17 Å². The van der Waals surface area contributed by atoms with Crippen LogP contribution in [0.4, 0.5) is 0 Å². The second-order valence-corrected chi connectivity index (χ2v) is 8.44. The van der Waals surface area contributed by atoms with Crippen molar-refractivity contribution in [2.45, 2.75) is 109 Å². The third-order valence-electron chi connectivity index (χ3n) is 6.40. The van der Waals surface area contributed by atoms with Crippen molar-refractivity contribution in [1.82, 2.24) is 0 Å². The molecule has 0 saturated carbocycles. The highest BCUT2D eigenvalue weighted by Gasteiger charge is 2.36. The molecular formula is C24H47N2O+. The number of hydrogen-bond acceptors (Lipinski definition) is 2. The molecule has 0 bridgehead atoms. The van der Waals surface area contributed by atoms with Crippen LogP contribution in [0.3, 0.4) is 0 Å². The lowest BCUT2D eigenvalue weighted by atomic mass is 10.0. The van der Waals surface area contributed by atoms with Crippen LogP contribution >= 0.6 is 0 Å². The number of likely N-dealkylation sites (N-methyl/N-ethyl adjacent to an activating group) is 1. The number of allylic oxidation sites excluding steroid dienone is 1. The molecule has 0 aliphatic carbocycles. The summed E-state index contributed by atoms with van der Waals surface area (Å²) in [6, 6.07) is 0. The average Bonchev–Trinajstić information content (AvgIpc) is 3.08. The molecule has 158 valence electrons. The van der Waals surface area contributed by atoms with Gasteiger partial charge in [-0.25, -0.2) is 4.99 Å². The van der Waals surface area contributed by atoms with Crippen molar-refractivity contribution in [3.8, 4) is 0 Å². The normalized spacial score (nSPS) is 21.8. The first-order chi connectivity index (χ1) is 13.3. The van der Waals surface area contributed by atoms with Gasteiger partial charge < -0.3 is 5.11 Å². The first kappa shape index (κ1) is 24.4. The Morgan fingerprint density at radius 1 is 0.926 bits per heavy atom. The summed E-state index contributed by atoms with van der Waals surface area (Å²) in [5, 5.41) is 9.37. The van der Waals surface area contributed by atoms with Gasteiger partial charge in [-0.05, 0) is 26.2 Å². The second kappa shape index (κ2) is 16.3. The number of quaternary nitrogens is 1. The molecule has 1 heterocycles. The molecule has 1 rings (SSSR count). The Bertz CT molecular complexity index is 383. The van der Waals surface area contributed by atoms with E-state index in [1.807, 2.05) is 6.08 Å². The van der Waals surface area contributed by atoms with Crippen molar-refractivity contribution in [2.24, 2.45) is 4.99 Å². The van der Waals surface area contributed by atoms with E-state index in [0.717, 1.165) is 24.1 Å². The molecule has 2 unspecified atom stereocenters. The van der Waals surface area contributed by atoms with E-state index in [4.69, 9.17) is 4.99 Å². The van der Waals surface area contributed by atoms with Crippen LogP contribution in [-0.2, 0) is 0 Å². The predicted molar refractivity (Wildman–Crippen MR) is 119 cm³/mol. The highest BCUT2D eigenvalue weighted by Crippen LogP contribution is 2.24. The Labute approximate surface area is 169 Å². The SMILES string of the molecule is C=CCCCCCCCCCCCCCCCC1N=CC[N+]1(CC)CCO. The minimum atomic E-state index is 0.281. The summed E-state index contributed by atoms with van der Waals surface area (Å²) in [5.74, 6) is 0. The van der Waals surface area contributed by atoms with Gasteiger partial charge in [0.15, 0.2) is 6.17 Å². The molecule has 0 aromatic heterocycles. The molecule has 3 heteroatoms. The summed E-state index contributed by atoms with van der Waals surface area (Å²) in [6.45, 7) is 9.25.